The van der Waals surface area contributed by atoms with Gasteiger partial charge in [0.1, 0.15) is 29.6 Å². The average Bonchev–Trinajstić information content (AvgIpc) is 3.21. The van der Waals surface area contributed by atoms with Crippen LogP contribution in [0.25, 0.3) is 22.4 Å². The maximum Gasteiger partial charge on any atom is 0.302 e. The number of aliphatic hydroxyl groups excluding tert-OH is 1. The van der Waals surface area contributed by atoms with Crippen molar-refractivity contribution < 1.29 is 23.8 Å². The maximum absolute atomic E-state index is 13.8. The van der Waals surface area contributed by atoms with Crippen molar-refractivity contribution in [3.63, 3.8) is 0 Å². The normalized spacial score (nSPS) is 11.8. The van der Waals surface area contributed by atoms with Gasteiger partial charge in [-0.05, 0) is 35.9 Å². The van der Waals surface area contributed by atoms with Crippen molar-refractivity contribution in [1.29, 1.82) is 0 Å². The number of hydrogen-bond donors (Lipinski definition) is 2. The number of ketones is 1. The van der Waals surface area contributed by atoms with Crippen LogP contribution in [0.15, 0.2) is 72.8 Å². The second-order valence-corrected chi connectivity index (χ2v) is 7.15. The summed E-state index contributed by atoms with van der Waals surface area (Å²) >= 11 is 0. The number of ether oxygens (including phenoxy) is 1. The first-order valence-electron chi connectivity index (χ1n) is 9.83. The minimum absolute atomic E-state index is 0.0221. The quantitative estimate of drug-likeness (QED) is 0.193. The summed E-state index contributed by atoms with van der Waals surface area (Å²) in [6.45, 7) is 1.33. The summed E-state index contributed by atoms with van der Waals surface area (Å²) in [5.74, 6) is -1.76. The number of aromatic nitrogens is 2. The molecule has 0 unspecified atom stereocenters. The predicted molar refractivity (Wildman–Crippen MR) is 118 cm³/mol. The number of nitrogens with zero attached hydrogens (tertiary/aromatic N) is 1. The standard InChI is InChI=1S/C25H19FN2O4/c1-15(29)32-14-16-6-4-7-17(12-16)23(30)22(24(31)18-8-5-9-19(26)13-18)25-27-20-10-2-3-11-21(20)28-25/h2-13,30H,14H2,1H3,(H,27,28). The van der Waals surface area contributed by atoms with E-state index in [4.69, 9.17) is 4.74 Å². The van der Waals surface area contributed by atoms with E-state index in [2.05, 4.69) is 9.97 Å². The molecule has 0 aliphatic carbocycles. The lowest BCUT2D eigenvalue weighted by Crippen LogP contribution is -2.08. The number of allylic oxidation sites excluding steroid dienone is 1. The Hall–Kier alpha value is -4.26. The number of rotatable bonds is 6. The number of carbonyl (C=O) groups is 2. The smallest absolute Gasteiger partial charge is 0.302 e. The first-order chi connectivity index (χ1) is 15.4. The molecule has 0 saturated carbocycles. The molecule has 0 spiro atoms. The van der Waals surface area contributed by atoms with Crippen molar-refractivity contribution in [3.8, 4) is 0 Å². The van der Waals surface area contributed by atoms with Crippen LogP contribution >= 0.6 is 0 Å². The minimum atomic E-state index is -0.591. The number of imidazole rings is 1. The van der Waals surface area contributed by atoms with E-state index in [1.54, 1.807) is 36.4 Å². The SMILES string of the molecule is CC(=O)OCc1cccc(C(O)=C(C(=O)c2cccc(F)c2)c2nc3ccccc3[nH]2)c1. The van der Waals surface area contributed by atoms with Crippen LogP contribution < -0.4 is 0 Å². The van der Waals surface area contributed by atoms with Gasteiger partial charge in [-0.3, -0.25) is 9.59 Å². The van der Waals surface area contributed by atoms with Gasteiger partial charge in [-0.15, -0.1) is 0 Å². The molecule has 2 N–H and O–H groups in total. The van der Waals surface area contributed by atoms with Gasteiger partial charge in [-0.2, -0.15) is 0 Å². The van der Waals surface area contributed by atoms with Crippen LogP contribution in [0.3, 0.4) is 0 Å². The average molecular weight is 430 g/mol. The lowest BCUT2D eigenvalue weighted by molar-refractivity contribution is -0.142. The Bertz CT molecular complexity index is 1320. The van der Waals surface area contributed by atoms with Crippen molar-refractivity contribution >= 4 is 34.1 Å². The van der Waals surface area contributed by atoms with Crippen LogP contribution in [0.5, 0.6) is 0 Å². The highest BCUT2D eigenvalue weighted by Crippen LogP contribution is 2.29. The molecular formula is C25H19FN2O4. The molecule has 0 fully saturated rings. The van der Waals surface area contributed by atoms with E-state index < -0.39 is 17.6 Å². The highest BCUT2D eigenvalue weighted by atomic mass is 19.1. The Morgan fingerprint density at radius 1 is 1.00 bits per heavy atom. The summed E-state index contributed by atoms with van der Waals surface area (Å²) in [4.78, 5) is 32.0. The lowest BCUT2D eigenvalue weighted by atomic mass is 9.98. The number of carbonyl (C=O) groups excluding carboxylic acids is 2. The number of esters is 1. The van der Waals surface area contributed by atoms with E-state index in [1.165, 1.54) is 25.1 Å². The number of Topliss-reactive ketones (excluding diaryl/α,β-unsaturated/α-hetero) is 1. The Balaban J connectivity index is 1.86. The van der Waals surface area contributed by atoms with E-state index in [0.29, 0.717) is 22.2 Å². The van der Waals surface area contributed by atoms with Gasteiger partial charge in [-0.1, -0.05) is 42.5 Å². The molecule has 0 aliphatic heterocycles. The van der Waals surface area contributed by atoms with Crippen LogP contribution in [0, 0.1) is 5.82 Å². The van der Waals surface area contributed by atoms with Gasteiger partial charge in [-0.25, -0.2) is 9.37 Å². The number of halogens is 1. The van der Waals surface area contributed by atoms with Crippen molar-refractivity contribution in [2.45, 2.75) is 13.5 Å². The zero-order valence-corrected chi connectivity index (χ0v) is 17.1. The van der Waals surface area contributed by atoms with Crippen molar-refractivity contribution in [2.24, 2.45) is 0 Å². The number of para-hydroxylation sites is 2. The topological polar surface area (TPSA) is 92.3 Å². The first kappa shape index (κ1) is 21.0. The van der Waals surface area contributed by atoms with E-state index in [1.807, 2.05) is 12.1 Å². The molecular weight excluding hydrogens is 411 g/mol. The summed E-state index contributed by atoms with van der Waals surface area (Å²) in [7, 11) is 0. The molecule has 6 nitrogen and oxygen atoms in total. The summed E-state index contributed by atoms with van der Waals surface area (Å²) < 4.78 is 18.8. The third-order valence-electron chi connectivity index (χ3n) is 4.82. The van der Waals surface area contributed by atoms with Crippen molar-refractivity contribution in [1.82, 2.24) is 9.97 Å². The molecule has 7 heteroatoms. The minimum Gasteiger partial charge on any atom is -0.506 e. The molecule has 0 amide bonds. The summed E-state index contributed by atoms with van der Waals surface area (Å²) in [6, 6.07) is 19.1. The Labute approximate surface area is 183 Å². The number of hydrogen-bond acceptors (Lipinski definition) is 5. The molecule has 0 aliphatic rings. The Morgan fingerprint density at radius 3 is 2.50 bits per heavy atom. The summed E-state index contributed by atoms with van der Waals surface area (Å²) in [6.07, 6.45) is 0. The molecule has 1 aromatic heterocycles. The molecule has 0 radical (unpaired) electrons. The van der Waals surface area contributed by atoms with E-state index in [0.717, 1.165) is 6.07 Å². The third kappa shape index (κ3) is 4.41. The lowest BCUT2D eigenvalue weighted by Gasteiger charge is -2.10. The van der Waals surface area contributed by atoms with Gasteiger partial charge in [0.15, 0.2) is 0 Å². The van der Waals surface area contributed by atoms with E-state index in [9.17, 15) is 19.1 Å². The number of aromatic amines is 1. The Morgan fingerprint density at radius 2 is 1.75 bits per heavy atom. The van der Waals surface area contributed by atoms with Crippen molar-refractivity contribution in [3.05, 3.63) is 101 Å². The van der Waals surface area contributed by atoms with Crippen LogP contribution in [0.1, 0.15) is 34.2 Å². The van der Waals surface area contributed by atoms with Gasteiger partial charge in [0.25, 0.3) is 0 Å². The van der Waals surface area contributed by atoms with E-state index in [-0.39, 0.29) is 29.3 Å². The highest BCUT2D eigenvalue weighted by molar-refractivity contribution is 6.33. The largest absolute Gasteiger partial charge is 0.506 e. The first-order valence-corrected chi connectivity index (χ1v) is 9.83. The molecule has 3 aromatic carbocycles. The number of nitrogens with one attached hydrogen (secondary N) is 1. The second-order valence-electron chi connectivity index (χ2n) is 7.15. The molecule has 32 heavy (non-hydrogen) atoms. The molecule has 4 rings (SSSR count). The Kier molecular flexibility index (Phi) is 5.81. The monoisotopic (exact) mass is 430 g/mol. The van der Waals surface area contributed by atoms with Crippen molar-refractivity contribution in [2.75, 3.05) is 0 Å². The number of aliphatic hydroxyl groups is 1. The van der Waals surface area contributed by atoms with Gasteiger partial charge in [0, 0.05) is 18.1 Å². The predicted octanol–water partition coefficient (Wildman–Crippen LogP) is 5.07. The fourth-order valence-corrected chi connectivity index (χ4v) is 3.31. The van der Waals surface area contributed by atoms with Crippen LogP contribution in [0.4, 0.5) is 4.39 Å². The molecule has 1 heterocycles. The van der Waals surface area contributed by atoms with Crippen LogP contribution in [-0.4, -0.2) is 26.8 Å². The van der Waals surface area contributed by atoms with Gasteiger partial charge in [0.05, 0.1) is 11.0 Å². The highest BCUT2D eigenvalue weighted by Gasteiger charge is 2.24. The maximum atomic E-state index is 13.8. The number of H-pyrrole nitrogens is 1. The zero-order valence-electron chi connectivity index (χ0n) is 17.1. The van der Waals surface area contributed by atoms with Crippen LogP contribution in [0.2, 0.25) is 0 Å². The fraction of sp³-hybridized carbons (Fsp3) is 0.0800. The van der Waals surface area contributed by atoms with Crippen LogP contribution in [-0.2, 0) is 16.1 Å². The van der Waals surface area contributed by atoms with Gasteiger partial charge < -0.3 is 14.8 Å². The summed E-state index contributed by atoms with van der Waals surface area (Å²) in [5, 5.41) is 11.2. The number of fused-ring (bicyclic) bond motifs is 1. The molecule has 0 bridgehead atoms. The van der Waals surface area contributed by atoms with Gasteiger partial charge in [0.2, 0.25) is 5.78 Å². The molecule has 4 aromatic rings. The number of benzene rings is 3. The van der Waals surface area contributed by atoms with Gasteiger partial charge >= 0.3 is 5.97 Å². The molecule has 160 valence electrons. The zero-order chi connectivity index (χ0) is 22.7. The second kappa shape index (κ2) is 8.85. The fourth-order valence-electron chi connectivity index (χ4n) is 3.31. The van der Waals surface area contributed by atoms with E-state index >= 15 is 0 Å². The summed E-state index contributed by atoms with van der Waals surface area (Å²) in [5.41, 5.74) is 2.23. The molecule has 0 saturated heterocycles. The molecule has 0 atom stereocenters. The third-order valence-corrected chi connectivity index (χ3v) is 4.82.